The number of hydrogen-bond acceptors (Lipinski definition) is 7. The second-order valence-corrected chi connectivity index (χ2v) is 7.68. The van der Waals surface area contributed by atoms with Crippen molar-refractivity contribution < 1.29 is 29.3 Å². The quantitative estimate of drug-likeness (QED) is 0.158. The van der Waals surface area contributed by atoms with Crippen LogP contribution in [-0.2, 0) is 19.6 Å². The van der Waals surface area contributed by atoms with Gasteiger partial charge in [-0.15, -0.1) is 0 Å². The molecule has 0 amide bonds. The molecule has 0 aliphatic carbocycles. The third-order valence-electron chi connectivity index (χ3n) is 5.39. The number of hydrogen-bond donors (Lipinski definition) is 3. The van der Waals surface area contributed by atoms with Crippen LogP contribution < -0.4 is 13.7 Å². The summed E-state index contributed by atoms with van der Waals surface area (Å²) in [4.78, 5) is 2.41. The number of oxime groups is 3. The van der Waals surface area contributed by atoms with Crippen LogP contribution in [0.3, 0.4) is 0 Å². The SMILES string of the molecule is ON=Cc1cc[n+](CCN(CC[n+]2ccc(C=NO)cc2)CC[n+]2ccc(C=NO)cc2)cc1. The van der Waals surface area contributed by atoms with Crippen LogP contribution >= 0.6 is 0 Å². The van der Waals surface area contributed by atoms with E-state index in [1.807, 2.05) is 73.6 Å². The summed E-state index contributed by atoms with van der Waals surface area (Å²) in [5, 5.41) is 35.2. The van der Waals surface area contributed by atoms with Crippen LogP contribution in [0, 0.1) is 0 Å². The smallest absolute Gasteiger partial charge is 0.169 e. The van der Waals surface area contributed by atoms with Gasteiger partial charge in [0.15, 0.2) is 56.8 Å². The van der Waals surface area contributed by atoms with Crippen molar-refractivity contribution in [1.82, 2.24) is 4.90 Å². The number of pyridine rings is 3. The Kier molecular flexibility index (Phi) is 9.63. The van der Waals surface area contributed by atoms with Crippen LogP contribution in [-0.4, -0.2) is 58.8 Å². The van der Waals surface area contributed by atoms with Gasteiger partial charge in [0.1, 0.15) is 0 Å². The van der Waals surface area contributed by atoms with Crippen LogP contribution in [0.1, 0.15) is 16.7 Å². The molecule has 10 nitrogen and oxygen atoms in total. The highest BCUT2D eigenvalue weighted by Crippen LogP contribution is 1.95. The summed E-state index contributed by atoms with van der Waals surface area (Å²) in [7, 11) is 0. The van der Waals surface area contributed by atoms with Gasteiger partial charge in [-0.25, -0.2) is 13.7 Å². The number of nitrogens with zero attached hydrogens (tertiary/aromatic N) is 7. The average Bonchev–Trinajstić information content (AvgIpc) is 2.87. The highest BCUT2D eigenvalue weighted by molar-refractivity contribution is 5.79. The Morgan fingerprint density at radius 2 is 0.794 bits per heavy atom. The molecule has 0 atom stereocenters. The summed E-state index contributed by atoms with van der Waals surface area (Å²) >= 11 is 0. The van der Waals surface area contributed by atoms with Gasteiger partial charge in [-0.05, 0) is 0 Å². The summed E-state index contributed by atoms with van der Waals surface area (Å²) < 4.78 is 6.32. The highest BCUT2D eigenvalue weighted by atomic mass is 16.4. The van der Waals surface area contributed by atoms with Crippen molar-refractivity contribution >= 4 is 18.6 Å². The first-order valence-electron chi connectivity index (χ1n) is 10.9. The van der Waals surface area contributed by atoms with Crippen molar-refractivity contribution in [1.29, 1.82) is 0 Å². The minimum Gasteiger partial charge on any atom is -0.411 e. The summed E-state index contributed by atoms with van der Waals surface area (Å²) in [5.41, 5.74) is 2.52. The highest BCUT2D eigenvalue weighted by Gasteiger charge is 2.14. The fourth-order valence-corrected chi connectivity index (χ4v) is 3.42. The molecular weight excluding hydrogens is 434 g/mol. The van der Waals surface area contributed by atoms with E-state index in [2.05, 4.69) is 34.1 Å². The molecule has 3 aromatic rings. The fourth-order valence-electron chi connectivity index (χ4n) is 3.42. The molecule has 0 unspecified atom stereocenters. The standard InChI is InChI=1S/C24H27N7O3/c32-25-19-22-1-7-28(8-2-22)13-16-31(17-14-29-9-3-23(4-10-29)20-26-33)18-15-30-11-5-24(6-12-30)21-27-34/h1-12,19-21H,13-18H2/p+3. The van der Waals surface area contributed by atoms with E-state index >= 15 is 0 Å². The Morgan fingerprint density at radius 3 is 1.03 bits per heavy atom. The molecule has 0 saturated heterocycles. The van der Waals surface area contributed by atoms with E-state index in [1.165, 1.54) is 18.6 Å². The Labute approximate surface area is 198 Å². The maximum Gasteiger partial charge on any atom is 0.169 e. The number of aromatic nitrogens is 3. The molecule has 3 N–H and O–H groups in total. The lowest BCUT2D eigenvalue weighted by molar-refractivity contribution is -0.706. The minimum absolute atomic E-state index is 0.823. The molecule has 10 heteroatoms. The monoisotopic (exact) mass is 464 g/mol. The Morgan fingerprint density at radius 1 is 0.529 bits per heavy atom. The lowest BCUT2D eigenvalue weighted by Crippen LogP contribution is -2.47. The molecule has 176 valence electrons. The van der Waals surface area contributed by atoms with Crippen molar-refractivity contribution in [2.45, 2.75) is 19.6 Å². The molecule has 0 saturated carbocycles. The van der Waals surface area contributed by atoms with Gasteiger partial charge in [-0.1, -0.05) is 15.5 Å². The van der Waals surface area contributed by atoms with Crippen LogP contribution in [0.15, 0.2) is 89.0 Å². The fraction of sp³-hybridized carbons (Fsp3) is 0.250. The molecule has 0 aliphatic rings. The zero-order valence-corrected chi connectivity index (χ0v) is 18.9. The van der Waals surface area contributed by atoms with E-state index < -0.39 is 0 Å². The maximum absolute atomic E-state index is 8.67. The molecule has 0 spiro atoms. The predicted molar refractivity (Wildman–Crippen MR) is 124 cm³/mol. The molecule has 0 fully saturated rings. The predicted octanol–water partition coefficient (Wildman–Crippen LogP) is 0.676. The van der Waals surface area contributed by atoms with Gasteiger partial charge < -0.3 is 15.6 Å². The lowest BCUT2D eigenvalue weighted by Gasteiger charge is -2.18. The van der Waals surface area contributed by atoms with Gasteiger partial charge >= 0.3 is 0 Å². The van der Waals surface area contributed by atoms with Gasteiger partial charge in [0.25, 0.3) is 0 Å². The average molecular weight is 465 g/mol. The van der Waals surface area contributed by atoms with Crippen molar-refractivity contribution in [3.8, 4) is 0 Å². The Balaban J connectivity index is 1.61. The second-order valence-electron chi connectivity index (χ2n) is 7.68. The maximum atomic E-state index is 8.67. The van der Waals surface area contributed by atoms with Gasteiger partial charge in [-0.3, -0.25) is 4.90 Å². The molecular formula is C24H30N7O3+3. The Bertz CT molecular complexity index is 942. The second kappa shape index (κ2) is 13.4. The third kappa shape index (κ3) is 8.06. The van der Waals surface area contributed by atoms with E-state index in [-0.39, 0.29) is 0 Å². The zero-order valence-electron chi connectivity index (χ0n) is 18.9. The molecule has 0 bridgehead atoms. The summed E-state index contributed by atoms with van der Waals surface area (Å²) in [5.74, 6) is 0. The molecule has 3 rings (SSSR count). The van der Waals surface area contributed by atoms with Crippen molar-refractivity contribution in [3.63, 3.8) is 0 Å². The first-order valence-corrected chi connectivity index (χ1v) is 10.9. The van der Waals surface area contributed by atoms with Gasteiger partial charge in [0.05, 0.1) is 38.3 Å². The minimum atomic E-state index is 0.823. The molecule has 34 heavy (non-hydrogen) atoms. The van der Waals surface area contributed by atoms with Crippen molar-refractivity contribution in [2.75, 3.05) is 19.6 Å². The summed E-state index contributed by atoms with van der Waals surface area (Å²) in [6, 6.07) is 11.4. The van der Waals surface area contributed by atoms with Crippen molar-refractivity contribution in [3.05, 3.63) is 90.3 Å². The van der Waals surface area contributed by atoms with E-state index in [4.69, 9.17) is 15.6 Å². The van der Waals surface area contributed by atoms with Crippen molar-refractivity contribution in [2.24, 2.45) is 15.5 Å². The van der Waals surface area contributed by atoms with Crippen LogP contribution in [0.2, 0.25) is 0 Å². The van der Waals surface area contributed by atoms with E-state index in [1.54, 1.807) is 0 Å². The molecule has 0 aliphatic heterocycles. The first kappa shape index (κ1) is 24.5. The van der Waals surface area contributed by atoms with E-state index in [9.17, 15) is 0 Å². The molecule has 3 heterocycles. The normalized spacial score (nSPS) is 11.9. The first-order chi connectivity index (χ1) is 16.7. The van der Waals surface area contributed by atoms with Gasteiger partial charge in [0, 0.05) is 53.1 Å². The van der Waals surface area contributed by atoms with Gasteiger partial charge in [0.2, 0.25) is 0 Å². The largest absolute Gasteiger partial charge is 0.411 e. The van der Waals surface area contributed by atoms with E-state index in [0.717, 1.165) is 56.0 Å². The molecule has 3 aromatic heterocycles. The number of rotatable bonds is 12. The zero-order chi connectivity index (χ0) is 24.0. The Hall–Kier alpha value is -4.18. The van der Waals surface area contributed by atoms with E-state index in [0.29, 0.717) is 0 Å². The topological polar surface area (TPSA) is 113 Å². The molecule has 0 aromatic carbocycles. The van der Waals surface area contributed by atoms with Crippen LogP contribution in [0.4, 0.5) is 0 Å². The lowest BCUT2D eigenvalue weighted by atomic mass is 10.3. The van der Waals surface area contributed by atoms with Crippen LogP contribution in [0.25, 0.3) is 0 Å². The summed E-state index contributed by atoms with van der Waals surface area (Å²) in [6.07, 6.45) is 16.1. The molecule has 0 radical (unpaired) electrons. The van der Waals surface area contributed by atoms with Crippen LogP contribution in [0.5, 0.6) is 0 Å². The third-order valence-corrected chi connectivity index (χ3v) is 5.39. The summed E-state index contributed by atoms with van der Waals surface area (Å²) in [6.45, 7) is 5.06. The van der Waals surface area contributed by atoms with Gasteiger partial charge in [-0.2, -0.15) is 0 Å².